The largest absolute Gasteiger partial charge is 0.387 e. The van der Waals surface area contributed by atoms with Crippen LogP contribution in [0, 0.1) is 8.96 Å². The first-order valence-corrected chi connectivity index (χ1v) is 7.67. The molecule has 0 aliphatic rings. The van der Waals surface area contributed by atoms with Gasteiger partial charge >= 0.3 is 5.69 Å². The first kappa shape index (κ1) is 14.3. The van der Waals surface area contributed by atoms with Gasteiger partial charge in [-0.15, -0.1) is 0 Å². The van der Waals surface area contributed by atoms with Crippen LogP contribution in [0.3, 0.4) is 0 Å². The zero-order valence-corrected chi connectivity index (χ0v) is 11.6. The van der Waals surface area contributed by atoms with Crippen molar-refractivity contribution in [1.82, 2.24) is 0 Å². The Morgan fingerprint density at radius 2 is 1.41 bits per heavy atom. The summed E-state index contributed by atoms with van der Waals surface area (Å²) in [6.45, 7) is 0. The molecule has 0 aromatic heterocycles. The fourth-order valence-electron chi connectivity index (χ4n) is 0.992. The van der Waals surface area contributed by atoms with Gasteiger partial charge in [0.15, 0.2) is 4.98 Å². The van der Waals surface area contributed by atoms with Crippen molar-refractivity contribution in [1.29, 1.82) is 5.39 Å². The van der Waals surface area contributed by atoms with Crippen LogP contribution >= 0.6 is 22.6 Å². The van der Waals surface area contributed by atoms with Crippen molar-refractivity contribution < 1.29 is 25.9 Å². The third-order valence-electron chi connectivity index (χ3n) is 1.66. The lowest BCUT2D eigenvalue weighted by Crippen LogP contribution is -2.07. The molecular weight excluding hydrogens is 387 g/mol. The maximum atomic E-state index is 11.0. The highest BCUT2D eigenvalue weighted by Gasteiger charge is 2.27. The highest BCUT2D eigenvalue weighted by Crippen LogP contribution is 2.30. The molecule has 0 bridgehead atoms. The van der Waals surface area contributed by atoms with Crippen LogP contribution < -0.4 is 0 Å². The highest BCUT2D eigenvalue weighted by atomic mass is 127. The summed E-state index contributed by atoms with van der Waals surface area (Å²) >= 11 is 1.32. The van der Waals surface area contributed by atoms with E-state index in [9.17, 15) is 16.8 Å². The normalized spacial score (nSPS) is 12.1. The molecule has 11 heteroatoms. The molecule has 0 saturated heterocycles. The van der Waals surface area contributed by atoms with E-state index in [4.69, 9.17) is 14.5 Å². The molecule has 2 N–H and O–H groups in total. The Bertz CT molecular complexity index is 664. The molecular formula is C6H4IN2O6S2+. The van der Waals surface area contributed by atoms with E-state index in [-0.39, 0.29) is 0 Å². The minimum atomic E-state index is -4.70. The molecule has 0 fully saturated rings. The van der Waals surface area contributed by atoms with Gasteiger partial charge in [-0.2, -0.15) is 16.8 Å². The molecule has 0 heterocycles. The fourth-order valence-corrected chi connectivity index (χ4v) is 4.25. The average Bonchev–Trinajstić information content (AvgIpc) is 2.14. The topological polar surface area (TPSA) is 137 Å². The summed E-state index contributed by atoms with van der Waals surface area (Å²) in [4.78, 5) is 1.05. The van der Waals surface area contributed by atoms with Gasteiger partial charge in [0, 0.05) is 0 Å². The number of rotatable bonds is 2. The van der Waals surface area contributed by atoms with Crippen molar-refractivity contribution in [3.63, 3.8) is 0 Å². The van der Waals surface area contributed by atoms with E-state index in [2.05, 4.69) is 4.98 Å². The van der Waals surface area contributed by atoms with Crippen LogP contribution in [-0.2, 0) is 20.2 Å². The van der Waals surface area contributed by atoms with Crippen molar-refractivity contribution in [2.24, 2.45) is 0 Å². The summed E-state index contributed by atoms with van der Waals surface area (Å²) in [5.74, 6) is 0. The molecule has 1 rings (SSSR count). The summed E-state index contributed by atoms with van der Waals surface area (Å²) in [6.07, 6.45) is 0. The van der Waals surface area contributed by atoms with Gasteiger partial charge in [0.05, 0.1) is 15.7 Å². The lowest BCUT2D eigenvalue weighted by Gasteiger charge is -2.03. The molecule has 17 heavy (non-hydrogen) atoms. The van der Waals surface area contributed by atoms with Gasteiger partial charge < -0.3 is 0 Å². The number of hydrogen-bond donors (Lipinski definition) is 2. The summed E-state index contributed by atoms with van der Waals surface area (Å²) in [7, 11) is -9.41. The van der Waals surface area contributed by atoms with Crippen molar-refractivity contribution in [2.45, 2.75) is 9.79 Å². The monoisotopic (exact) mass is 391 g/mol. The van der Waals surface area contributed by atoms with Gasteiger partial charge in [-0.25, -0.2) is 0 Å². The third-order valence-corrected chi connectivity index (χ3v) is 5.31. The van der Waals surface area contributed by atoms with E-state index in [1.807, 2.05) is 0 Å². The third kappa shape index (κ3) is 3.10. The van der Waals surface area contributed by atoms with Crippen molar-refractivity contribution in [3.8, 4) is 0 Å². The fraction of sp³-hybridized carbons (Fsp3) is 0. The summed E-state index contributed by atoms with van der Waals surface area (Å²) in [5.41, 5.74) is -0.439. The Hall–Kier alpha value is -0.810. The van der Waals surface area contributed by atoms with Gasteiger partial charge in [0.25, 0.3) is 20.2 Å². The molecule has 0 aliphatic heterocycles. The molecule has 0 amide bonds. The molecule has 0 atom stereocenters. The van der Waals surface area contributed by atoms with E-state index >= 15 is 0 Å². The molecule has 0 spiro atoms. The average molecular weight is 391 g/mol. The zero-order chi connectivity index (χ0) is 13.4. The Labute approximate surface area is 110 Å². The maximum Gasteiger partial charge on any atom is 0.387 e. The molecule has 8 nitrogen and oxygen atoms in total. The van der Waals surface area contributed by atoms with Crippen LogP contribution in [0.1, 0.15) is 0 Å². The van der Waals surface area contributed by atoms with Crippen LogP contribution in [-0.4, -0.2) is 25.9 Å². The number of diazo groups is 1. The van der Waals surface area contributed by atoms with Gasteiger partial charge in [0.2, 0.25) is 5.39 Å². The summed E-state index contributed by atoms with van der Waals surface area (Å²) in [5, 5.41) is 8.48. The zero-order valence-electron chi connectivity index (χ0n) is 7.77. The smallest absolute Gasteiger partial charge is 0.282 e. The predicted octanol–water partition coefficient (Wildman–Crippen LogP) is 1.27. The SMILES string of the molecule is N#[N+]c1cc(S(=O)(=O)O)c(I)c(S(=O)(=O)O)c1. The van der Waals surface area contributed by atoms with Crippen LogP contribution in [0.4, 0.5) is 5.69 Å². The van der Waals surface area contributed by atoms with E-state index in [1.54, 1.807) is 0 Å². The van der Waals surface area contributed by atoms with Crippen LogP contribution in [0.25, 0.3) is 4.98 Å². The van der Waals surface area contributed by atoms with E-state index in [1.165, 1.54) is 22.6 Å². The quantitative estimate of drug-likeness (QED) is 0.440. The molecule has 1 aromatic rings. The molecule has 0 saturated carbocycles. The Kier molecular flexibility index (Phi) is 3.74. The predicted molar refractivity (Wildman–Crippen MR) is 63.5 cm³/mol. The van der Waals surface area contributed by atoms with Crippen LogP contribution in [0.5, 0.6) is 0 Å². The number of benzene rings is 1. The van der Waals surface area contributed by atoms with Crippen molar-refractivity contribution in [3.05, 3.63) is 20.7 Å². The minimum Gasteiger partial charge on any atom is -0.282 e. The Balaban J connectivity index is 3.86. The second-order valence-electron chi connectivity index (χ2n) is 2.81. The minimum absolute atomic E-state index is 0.403. The molecule has 0 aliphatic carbocycles. The van der Waals surface area contributed by atoms with Crippen LogP contribution in [0.2, 0.25) is 0 Å². The number of nitrogens with zero attached hydrogens (tertiary/aromatic N) is 2. The first-order valence-electron chi connectivity index (χ1n) is 3.71. The second kappa shape index (κ2) is 4.46. The number of hydrogen-bond acceptors (Lipinski definition) is 5. The Morgan fingerprint density at radius 1 is 1.06 bits per heavy atom. The lowest BCUT2D eigenvalue weighted by atomic mass is 10.3. The summed E-state index contributed by atoms with van der Waals surface area (Å²) < 4.78 is 61.1. The standard InChI is InChI=1S/C6H3IN2O6S2/c7-6-4(16(10,11)12)1-3(9-8)2-5(6)17(13,14)15/h1-2H,(H-,10,11,12,13,14,15)/p+1. The molecule has 92 valence electrons. The lowest BCUT2D eigenvalue weighted by molar-refractivity contribution is 0.480. The molecule has 0 radical (unpaired) electrons. The van der Waals surface area contributed by atoms with Crippen molar-refractivity contribution >= 4 is 48.5 Å². The Morgan fingerprint density at radius 3 is 1.65 bits per heavy atom. The van der Waals surface area contributed by atoms with Gasteiger partial charge in [-0.1, -0.05) is 0 Å². The maximum absolute atomic E-state index is 11.0. The van der Waals surface area contributed by atoms with E-state index < -0.39 is 39.3 Å². The number of halogens is 1. The highest BCUT2D eigenvalue weighted by molar-refractivity contribution is 14.1. The van der Waals surface area contributed by atoms with E-state index in [0.717, 1.165) is 12.1 Å². The van der Waals surface area contributed by atoms with Crippen LogP contribution in [0.15, 0.2) is 21.9 Å². The van der Waals surface area contributed by atoms with Gasteiger partial charge in [0.1, 0.15) is 9.79 Å². The van der Waals surface area contributed by atoms with Crippen molar-refractivity contribution in [2.75, 3.05) is 0 Å². The summed E-state index contributed by atoms with van der Waals surface area (Å²) in [6, 6.07) is 1.51. The van der Waals surface area contributed by atoms with E-state index in [0.29, 0.717) is 0 Å². The van der Waals surface area contributed by atoms with Gasteiger partial charge in [-0.3, -0.25) is 9.11 Å². The molecule has 0 unspecified atom stereocenters. The second-order valence-corrected chi connectivity index (χ2v) is 6.66. The van der Waals surface area contributed by atoms with Gasteiger partial charge in [-0.05, 0) is 22.6 Å². The molecule has 1 aromatic carbocycles. The first-order chi connectivity index (χ1) is 7.57.